The molecule has 1 aromatic carbocycles. The van der Waals surface area contributed by atoms with Crippen molar-refractivity contribution >= 4 is 35.2 Å². The number of aromatic nitrogens is 2. The van der Waals surface area contributed by atoms with Gasteiger partial charge < -0.3 is 21.3 Å². The summed E-state index contributed by atoms with van der Waals surface area (Å²) in [5.74, 6) is -2.97. The predicted octanol–water partition coefficient (Wildman–Crippen LogP) is 0.675. The van der Waals surface area contributed by atoms with Gasteiger partial charge in [-0.25, -0.2) is 4.39 Å². The van der Waals surface area contributed by atoms with E-state index in [4.69, 9.17) is 5.73 Å². The summed E-state index contributed by atoms with van der Waals surface area (Å²) in [6.45, 7) is 0.930. The summed E-state index contributed by atoms with van der Waals surface area (Å²) in [5.41, 5.74) is 5.07. The number of amides is 3. The first kappa shape index (κ1) is 20.5. The molecule has 1 atom stereocenters. The first-order chi connectivity index (χ1) is 14.8. The number of piperidine rings is 1. The number of H-pyrrole nitrogens is 1. The van der Waals surface area contributed by atoms with Gasteiger partial charge in [0.2, 0.25) is 23.7 Å². The summed E-state index contributed by atoms with van der Waals surface area (Å²) in [6.07, 6.45) is 0.824. The topological polar surface area (TPSA) is 150 Å². The second-order valence-corrected chi connectivity index (χ2v) is 7.62. The SMILES string of the molecule is NC(=O)C1CCN(c2nc3c(c(=O)[nH]2)C(C(=O)Nc2cccc(F)c2)CC(=O)N3)CC1. The number of benzene rings is 1. The van der Waals surface area contributed by atoms with Gasteiger partial charge in [0.15, 0.2) is 0 Å². The van der Waals surface area contributed by atoms with Gasteiger partial charge in [0.1, 0.15) is 11.6 Å². The zero-order chi connectivity index (χ0) is 22.1. The predicted molar refractivity (Wildman–Crippen MR) is 110 cm³/mol. The number of hydrogen-bond donors (Lipinski definition) is 4. The van der Waals surface area contributed by atoms with Crippen molar-refractivity contribution in [1.29, 1.82) is 0 Å². The Kier molecular flexibility index (Phi) is 5.40. The van der Waals surface area contributed by atoms with E-state index < -0.39 is 29.1 Å². The van der Waals surface area contributed by atoms with Gasteiger partial charge in [-0.1, -0.05) is 6.07 Å². The highest BCUT2D eigenvalue weighted by molar-refractivity contribution is 6.04. The van der Waals surface area contributed by atoms with Crippen LogP contribution >= 0.6 is 0 Å². The fourth-order valence-corrected chi connectivity index (χ4v) is 3.90. The molecule has 2 aliphatic rings. The summed E-state index contributed by atoms with van der Waals surface area (Å²) >= 11 is 0. The van der Waals surface area contributed by atoms with Crippen LogP contribution in [-0.4, -0.2) is 40.8 Å². The van der Waals surface area contributed by atoms with E-state index in [2.05, 4.69) is 20.6 Å². The molecule has 1 unspecified atom stereocenters. The number of rotatable bonds is 4. The zero-order valence-electron chi connectivity index (χ0n) is 16.5. The summed E-state index contributed by atoms with van der Waals surface area (Å²) in [6, 6.07) is 5.32. The van der Waals surface area contributed by atoms with Crippen molar-refractivity contribution in [3.05, 3.63) is 46.0 Å². The summed E-state index contributed by atoms with van der Waals surface area (Å²) in [7, 11) is 0. The highest BCUT2D eigenvalue weighted by atomic mass is 19.1. The van der Waals surface area contributed by atoms with Crippen molar-refractivity contribution in [2.75, 3.05) is 28.6 Å². The summed E-state index contributed by atoms with van der Waals surface area (Å²) in [4.78, 5) is 58.0. The van der Waals surface area contributed by atoms with E-state index in [0.717, 1.165) is 6.07 Å². The van der Waals surface area contributed by atoms with Crippen LogP contribution in [0.4, 0.5) is 21.8 Å². The Balaban J connectivity index is 1.59. The quantitative estimate of drug-likeness (QED) is 0.562. The Morgan fingerprint density at radius 1 is 1.23 bits per heavy atom. The molecule has 1 aromatic heterocycles. The number of fused-ring (bicyclic) bond motifs is 1. The Morgan fingerprint density at radius 2 is 1.97 bits per heavy atom. The number of anilines is 3. The Morgan fingerprint density at radius 3 is 2.65 bits per heavy atom. The number of nitrogens with one attached hydrogen (secondary N) is 3. The van der Waals surface area contributed by atoms with Gasteiger partial charge in [-0.3, -0.25) is 24.2 Å². The molecule has 0 spiro atoms. The van der Waals surface area contributed by atoms with E-state index in [1.165, 1.54) is 18.2 Å². The minimum Gasteiger partial charge on any atom is -0.369 e. The van der Waals surface area contributed by atoms with Crippen LogP contribution in [0.15, 0.2) is 29.1 Å². The molecule has 162 valence electrons. The Hall–Kier alpha value is -3.76. The van der Waals surface area contributed by atoms with Crippen molar-refractivity contribution in [1.82, 2.24) is 9.97 Å². The average molecular weight is 428 g/mol. The Labute approximate surface area is 176 Å². The molecular weight excluding hydrogens is 407 g/mol. The number of hydrogen-bond acceptors (Lipinski definition) is 6. The number of primary amides is 1. The number of aromatic amines is 1. The summed E-state index contributed by atoms with van der Waals surface area (Å²) in [5, 5.41) is 5.10. The maximum Gasteiger partial charge on any atom is 0.258 e. The highest BCUT2D eigenvalue weighted by Crippen LogP contribution is 2.31. The maximum absolute atomic E-state index is 13.4. The van der Waals surface area contributed by atoms with Crippen molar-refractivity contribution in [3.8, 4) is 0 Å². The minimum atomic E-state index is -1.07. The lowest BCUT2D eigenvalue weighted by atomic mass is 9.92. The average Bonchev–Trinajstić information content (AvgIpc) is 2.72. The minimum absolute atomic E-state index is 0.0198. The van der Waals surface area contributed by atoms with Gasteiger partial charge in [-0.05, 0) is 31.0 Å². The van der Waals surface area contributed by atoms with Crippen molar-refractivity contribution in [2.45, 2.75) is 25.2 Å². The number of carbonyl (C=O) groups is 3. The first-order valence-electron chi connectivity index (χ1n) is 9.86. The maximum atomic E-state index is 13.4. The number of carbonyl (C=O) groups excluding carboxylic acids is 3. The van der Waals surface area contributed by atoms with Crippen molar-refractivity contribution in [3.63, 3.8) is 0 Å². The van der Waals surface area contributed by atoms with E-state index in [-0.39, 0.29) is 41.3 Å². The zero-order valence-corrected chi connectivity index (χ0v) is 16.5. The number of nitrogens with two attached hydrogens (primary N) is 1. The second kappa shape index (κ2) is 8.17. The van der Waals surface area contributed by atoms with E-state index in [0.29, 0.717) is 25.9 Å². The third-order valence-corrected chi connectivity index (χ3v) is 5.54. The molecule has 1 fully saturated rings. The molecular formula is C20H21FN6O4. The van der Waals surface area contributed by atoms with Gasteiger partial charge in [-0.15, -0.1) is 0 Å². The van der Waals surface area contributed by atoms with Gasteiger partial charge in [-0.2, -0.15) is 4.98 Å². The van der Waals surface area contributed by atoms with Crippen LogP contribution < -0.4 is 26.8 Å². The van der Waals surface area contributed by atoms with E-state index in [9.17, 15) is 23.6 Å². The van der Waals surface area contributed by atoms with E-state index in [1.807, 2.05) is 0 Å². The van der Waals surface area contributed by atoms with Gasteiger partial charge in [0, 0.05) is 31.1 Å². The first-order valence-corrected chi connectivity index (χ1v) is 9.86. The van der Waals surface area contributed by atoms with Gasteiger partial charge in [0.05, 0.1) is 11.5 Å². The fraction of sp³-hybridized carbons (Fsp3) is 0.350. The third kappa shape index (κ3) is 4.25. The molecule has 11 heteroatoms. The van der Waals surface area contributed by atoms with Crippen LogP contribution in [0.5, 0.6) is 0 Å². The van der Waals surface area contributed by atoms with Gasteiger partial charge >= 0.3 is 0 Å². The van der Waals surface area contributed by atoms with Crippen LogP contribution in [-0.2, 0) is 14.4 Å². The lowest BCUT2D eigenvalue weighted by Crippen LogP contribution is -2.41. The van der Waals surface area contributed by atoms with Crippen LogP contribution in [0.2, 0.25) is 0 Å². The van der Waals surface area contributed by atoms with E-state index in [1.54, 1.807) is 4.90 Å². The molecule has 4 rings (SSSR count). The van der Waals surface area contributed by atoms with Crippen molar-refractivity contribution in [2.24, 2.45) is 11.7 Å². The lowest BCUT2D eigenvalue weighted by molar-refractivity contribution is -0.123. The fourth-order valence-electron chi connectivity index (χ4n) is 3.90. The largest absolute Gasteiger partial charge is 0.369 e. The van der Waals surface area contributed by atoms with Crippen LogP contribution in [0, 0.1) is 11.7 Å². The Bertz CT molecular complexity index is 1110. The standard InChI is InChI=1S/C20H21FN6O4/c21-11-2-1-3-12(8-11)23-18(30)13-9-14(28)24-17-15(13)19(31)26-20(25-17)27-6-4-10(5-7-27)16(22)29/h1-3,8,10,13H,4-7,9H2,(H2,22,29)(H,23,30)(H2,24,25,26,28,31). The van der Waals surface area contributed by atoms with E-state index >= 15 is 0 Å². The smallest absolute Gasteiger partial charge is 0.258 e. The second-order valence-electron chi connectivity index (χ2n) is 7.62. The molecule has 2 aromatic rings. The van der Waals surface area contributed by atoms with Crippen LogP contribution in [0.25, 0.3) is 0 Å². The molecule has 3 heterocycles. The number of halogens is 1. The summed E-state index contributed by atoms with van der Waals surface area (Å²) < 4.78 is 13.4. The molecule has 3 amide bonds. The molecule has 31 heavy (non-hydrogen) atoms. The third-order valence-electron chi connectivity index (χ3n) is 5.54. The molecule has 0 radical (unpaired) electrons. The molecule has 0 saturated carbocycles. The normalized spacial score (nSPS) is 18.8. The molecule has 10 nitrogen and oxygen atoms in total. The molecule has 5 N–H and O–H groups in total. The number of nitrogens with zero attached hydrogens (tertiary/aromatic N) is 2. The van der Waals surface area contributed by atoms with Crippen LogP contribution in [0.3, 0.4) is 0 Å². The molecule has 0 aliphatic carbocycles. The lowest BCUT2D eigenvalue weighted by Gasteiger charge is -2.32. The highest BCUT2D eigenvalue weighted by Gasteiger charge is 2.35. The van der Waals surface area contributed by atoms with Crippen molar-refractivity contribution < 1.29 is 18.8 Å². The molecule has 0 bridgehead atoms. The molecule has 2 aliphatic heterocycles. The molecule has 1 saturated heterocycles. The monoisotopic (exact) mass is 428 g/mol. The van der Waals surface area contributed by atoms with Gasteiger partial charge in [0.25, 0.3) is 5.56 Å². The van der Waals surface area contributed by atoms with Crippen LogP contribution in [0.1, 0.15) is 30.7 Å².